The number of thiazole rings is 1. The van der Waals surface area contributed by atoms with Crippen molar-refractivity contribution in [3.8, 4) is 5.75 Å². The second kappa shape index (κ2) is 11.2. The largest absolute Gasteiger partial charge is 0.497 e. The van der Waals surface area contributed by atoms with E-state index in [1.165, 1.54) is 39.9 Å². The van der Waals surface area contributed by atoms with Crippen molar-refractivity contribution in [2.24, 2.45) is 0 Å². The molecule has 198 valence electrons. The number of pyridine rings is 1. The number of rotatable bonds is 9. The molecule has 2 aromatic heterocycles. The van der Waals surface area contributed by atoms with Crippen LogP contribution in [0.25, 0.3) is 10.2 Å². The Balaban J connectivity index is 1.48. The van der Waals surface area contributed by atoms with E-state index in [-0.39, 0.29) is 23.9 Å². The molecule has 0 saturated carbocycles. The van der Waals surface area contributed by atoms with E-state index in [0.29, 0.717) is 27.8 Å². The van der Waals surface area contributed by atoms with Gasteiger partial charge in [-0.05, 0) is 73.7 Å². The van der Waals surface area contributed by atoms with Crippen molar-refractivity contribution in [1.82, 2.24) is 9.97 Å². The van der Waals surface area contributed by atoms with Crippen molar-refractivity contribution >= 4 is 48.3 Å². The minimum atomic E-state index is -3.82. The summed E-state index contributed by atoms with van der Waals surface area (Å²) in [6.45, 7) is 2.26. The van der Waals surface area contributed by atoms with Crippen LogP contribution in [-0.2, 0) is 16.6 Å². The topological polar surface area (TPSA) is 92.7 Å². The van der Waals surface area contributed by atoms with Gasteiger partial charge in [-0.15, -0.1) is 0 Å². The fraction of sp³-hybridized carbons (Fsp3) is 0.138. The third kappa shape index (κ3) is 5.47. The van der Waals surface area contributed by atoms with Gasteiger partial charge in [-0.3, -0.25) is 19.0 Å². The molecule has 2 heterocycles. The molecule has 0 unspecified atom stereocenters. The first-order chi connectivity index (χ1) is 18.9. The molecule has 0 spiro atoms. The molecule has 5 aromatic rings. The first-order valence-electron chi connectivity index (χ1n) is 12.2. The summed E-state index contributed by atoms with van der Waals surface area (Å²) in [4.78, 5) is 24.5. The van der Waals surface area contributed by atoms with Gasteiger partial charge >= 0.3 is 0 Å². The molecule has 0 radical (unpaired) electrons. The Morgan fingerprint density at radius 3 is 2.36 bits per heavy atom. The smallest absolute Gasteiger partial charge is 0.264 e. The Kier molecular flexibility index (Phi) is 7.58. The highest BCUT2D eigenvalue weighted by Crippen LogP contribution is 2.33. The Morgan fingerprint density at radius 1 is 0.949 bits per heavy atom. The third-order valence-electron chi connectivity index (χ3n) is 6.13. The molecule has 0 N–H and O–H groups in total. The van der Waals surface area contributed by atoms with E-state index in [4.69, 9.17) is 9.72 Å². The van der Waals surface area contributed by atoms with E-state index >= 15 is 0 Å². The van der Waals surface area contributed by atoms with E-state index in [1.807, 2.05) is 42.5 Å². The minimum absolute atomic E-state index is 0.105. The number of anilines is 2. The number of sulfonamides is 1. The maximum atomic E-state index is 13.8. The zero-order valence-electron chi connectivity index (χ0n) is 21.4. The molecule has 3 aromatic carbocycles. The van der Waals surface area contributed by atoms with E-state index < -0.39 is 10.0 Å². The van der Waals surface area contributed by atoms with E-state index in [9.17, 15) is 13.2 Å². The minimum Gasteiger partial charge on any atom is -0.497 e. The zero-order chi connectivity index (χ0) is 27.4. The van der Waals surface area contributed by atoms with Crippen molar-refractivity contribution in [1.29, 1.82) is 0 Å². The first kappa shape index (κ1) is 26.3. The zero-order valence-corrected chi connectivity index (χ0v) is 23.0. The highest BCUT2D eigenvalue weighted by Gasteiger charge is 2.26. The summed E-state index contributed by atoms with van der Waals surface area (Å²) in [5.74, 6) is 0.389. The van der Waals surface area contributed by atoms with Crippen molar-refractivity contribution in [2.75, 3.05) is 22.9 Å². The number of aromatic nitrogens is 2. The average Bonchev–Trinajstić information content (AvgIpc) is 3.40. The summed E-state index contributed by atoms with van der Waals surface area (Å²) in [5, 5.41) is 0.506. The van der Waals surface area contributed by atoms with Crippen LogP contribution in [0.4, 0.5) is 10.8 Å². The number of para-hydroxylation sites is 1. The number of hydrogen-bond donors (Lipinski definition) is 0. The summed E-state index contributed by atoms with van der Waals surface area (Å²) in [7, 11) is -2.21. The van der Waals surface area contributed by atoms with Crippen molar-refractivity contribution in [3.05, 3.63) is 108 Å². The number of carbonyl (C=O) groups excluding carboxylic acids is 1. The second-order valence-electron chi connectivity index (χ2n) is 8.57. The number of nitrogens with zero attached hydrogens (tertiary/aromatic N) is 4. The monoisotopic (exact) mass is 558 g/mol. The normalized spacial score (nSPS) is 11.3. The molecule has 0 bridgehead atoms. The molecule has 8 nitrogen and oxygen atoms in total. The standard InChI is InChI=1S/C29H26N4O4S2/c1-3-33(23-10-5-4-6-11-23)39(35,36)25-15-12-21(13-16-25)28(34)32(20-22-9-7-8-18-30-22)29-31-26-17-14-24(37-2)19-27(26)38-29/h4-19H,3,20H2,1-2H3. The molecular formula is C29H26N4O4S2. The first-order valence-corrected chi connectivity index (χ1v) is 14.5. The van der Waals surface area contributed by atoms with Crippen LogP contribution >= 0.6 is 11.3 Å². The Bertz CT molecular complexity index is 1690. The molecule has 0 aliphatic carbocycles. The number of amides is 1. The van der Waals surface area contributed by atoms with Gasteiger partial charge in [0, 0.05) is 18.3 Å². The van der Waals surface area contributed by atoms with Gasteiger partial charge in [-0.25, -0.2) is 13.4 Å². The third-order valence-corrected chi connectivity index (χ3v) is 9.09. The fourth-order valence-corrected chi connectivity index (χ4v) is 6.62. The SMILES string of the molecule is CCN(c1ccccc1)S(=O)(=O)c1ccc(C(=O)N(Cc2ccccn2)c2nc3ccc(OC)cc3s2)cc1. The Morgan fingerprint density at radius 2 is 1.69 bits per heavy atom. The van der Waals surface area contributed by atoms with Crippen LogP contribution in [0.3, 0.4) is 0 Å². The predicted molar refractivity (Wildman–Crippen MR) is 154 cm³/mol. The lowest BCUT2D eigenvalue weighted by molar-refractivity contribution is 0.0984. The Labute approximate surface area is 231 Å². The molecule has 1 amide bonds. The molecule has 0 atom stereocenters. The number of methoxy groups -OCH3 is 1. The maximum absolute atomic E-state index is 13.8. The van der Waals surface area contributed by atoms with Gasteiger partial charge in [-0.1, -0.05) is 35.6 Å². The summed E-state index contributed by atoms with van der Waals surface area (Å²) in [6, 6.07) is 26.0. The fourth-order valence-electron chi connectivity index (χ4n) is 4.15. The van der Waals surface area contributed by atoms with Crippen LogP contribution in [0.2, 0.25) is 0 Å². The summed E-state index contributed by atoms with van der Waals surface area (Å²) in [5.41, 5.74) is 2.36. The molecule has 0 aliphatic rings. The van der Waals surface area contributed by atoms with Crippen LogP contribution in [0.15, 0.2) is 102 Å². The second-order valence-corrected chi connectivity index (χ2v) is 11.4. The van der Waals surface area contributed by atoms with Crippen molar-refractivity contribution in [3.63, 3.8) is 0 Å². The number of benzene rings is 3. The van der Waals surface area contributed by atoms with Gasteiger partial charge in [0.25, 0.3) is 15.9 Å². The summed E-state index contributed by atoms with van der Waals surface area (Å²) < 4.78 is 34.3. The highest BCUT2D eigenvalue weighted by atomic mass is 32.2. The number of carbonyl (C=O) groups is 1. The van der Waals surface area contributed by atoms with Gasteiger partial charge in [0.1, 0.15) is 5.75 Å². The molecule has 5 rings (SSSR count). The summed E-state index contributed by atoms with van der Waals surface area (Å²) in [6.07, 6.45) is 1.67. The van der Waals surface area contributed by atoms with Gasteiger partial charge in [-0.2, -0.15) is 0 Å². The molecule has 10 heteroatoms. The van der Waals surface area contributed by atoms with E-state index in [0.717, 1.165) is 10.2 Å². The number of hydrogen-bond acceptors (Lipinski definition) is 7. The molecular weight excluding hydrogens is 532 g/mol. The number of ether oxygens (including phenoxy) is 1. The quantitative estimate of drug-likeness (QED) is 0.228. The van der Waals surface area contributed by atoms with Gasteiger partial charge in [0.2, 0.25) is 0 Å². The van der Waals surface area contributed by atoms with Gasteiger partial charge < -0.3 is 4.74 Å². The predicted octanol–water partition coefficient (Wildman–Crippen LogP) is 5.76. The van der Waals surface area contributed by atoms with Crippen LogP contribution in [-0.4, -0.2) is 37.9 Å². The lowest BCUT2D eigenvalue weighted by Crippen LogP contribution is -2.32. The van der Waals surface area contributed by atoms with Crippen LogP contribution < -0.4 is 13.9 Å². The van der Waals surface area contributed by atoms with E-state index in [2.05, 4.69) is 4.98 Å². The van der Waals surface area contributed by atoms with Crippen LogP contribution in [0.1, 0.15) is 23.0 Å². The molecule has 0 aliphatic heterocycles. The molecule has 39 heavy (non-hydrogen) atoms. The highest BCUT2D eigenvalue weighted by molar-refractivity contribution is 7.92. The van der Waals surface area contributed by atoms with Gasteiger partial charge in [0.05, 0.1) is 40.1 Å². The average molecular weight is 559 g/mol. The van der Waals surface area contributed by atoms with E-state index in [1.54, 1.807) is 49.4 Å². The Hall–Kier alpha value is -4.28. The maximum Gasteiger partial charge on any atom is 0.264 e. The lowest BCUT2D eigenvalue weighted by Gasteiger charge is -2.23. The summed E-state index contributed by atoms with van der Waals surface area (Å²) >= 11 is 1.37. The van der Waals surface area contributed by atoms with Crippen molar-refractivity contribution < 1.29 is 17.9 Å². The lowest BCUT2D eigenvalue weighted by atomic mass is 10.2. The van der Waals surface area contributed by atoms with Crippen LogP contribution in [0.5, 0.6) is 5.75 Å². The van der Waals surface area contributed by atoms with Gasteiger partial charge in [0.15, 0.2) is 5.13 Å². The van der Waals surface area contributed by atoms with Crippen LogP contribution in [0, 0.1) is 0 Å². The van der Waals surface area contributed by atoms with Crippen molar-refractivity contribution in [2.45, 2.75) is 18.4 Å². The molecule has 0 saturated heterocycles. The number of fused-ring (bicyclic) bond motifs is 1. The molecule has 0 fully saturated rings.